The molecule has 1 amide bonds. The molecule has 1 aromatic carbocycles. The lowest BCUT2D eigenvalue weighted by molar-refractivity contribution is -0.128. The van der Waals surface area contributed by atoms with Crippen molar-refractivity contribution in [1.29, 1.82) is 0 Å². The summed E-state index contributed by atoms with van der Waals surface area (Å²) in [6, 6.07) is 6.11. The molecule has 1 heterocycles. The van der Waals surface area contributed by atoms with Crippen molar-refractivity contribution in [3.63, 3.8) is 0 Å². The normalized spacial score (nSPS) is 12.2. The van der Waals surface area contributed by atoms with Gasteiger partial charge in [0.1, 0.15) is 5.82 Å². The fraction of sp³-hybridized carbons (Fsp3) is 0.357. The van der Waals surface area contributed by atoms with Crippen LogP contribution in [0.5, 0.6) is 0 Å². The highest BCUT2D eigenvalue weighted by Crippen LogP contribution is 2.28. The van der Waals surface area contributed by atoms with Gasteiger partial charge in [0.25, 0.3) is 0 Å². The fourth-order valence-electron chi connectivity index (χ4n) is 1.74. The Balaban J connectivity index is 1.92. The summed E-state index contributed by atoms with van der Waals surface area (Å²) in [4.78, 5) is 13.9. The van der Waals surface area contributed by atoms with E-state index in [9.17, 15) is 9.18 Å². The van der Waals surface area contributed by atoms with Gasteiger partial charge in [-0.05, 0) is 30.9 Å². The summed E-state index contributed by atoms with van der Waals surface area (Å²) in [5.41, 5.74) is 0.905. The molecule has 0 N–H and O–H groups in total. The summed E-state index contributed by atoms with van der Waals surface area (Å²) in [6.07, 6.45) is 1.94. The first-order chi connectivity index (χ1) is 10.5. The molecular weight excluding hydrogens is 341 g/mol. The lowest BCUT2D eigenvalue weighted by Gasteiger charge is -2.25. The van der Waals surface area contributed by atoms with Crippen molar-refractivity contribution in [3.05, 3.63) is 35.6 Å². The van der Waals surface area contributed by atoms with E-state index in [1.54, 1.807) is 24.1 Å². The second-order valence-corrected chi connectivity index (χ2v) is 7.81. The van der Waals surface area contributed by atoms with Crippen LogP contribution in [-0.2, 0) is 4.79 Å². The molecular formula is C14H16FN3OS3. The smallest absolute Gasteiger partial charge is 0.233 e. The number of hydrogen-bond acceptors (Lipinski definition) is 6. The largest absolute Gasteiger partial charge is 0.338 e. The highest BCUT2D eigenvalue weighted by Gasteiger charge is 2.18. The van der Waals surface area contributed by atoms with Gasteiger partial charge in [0.05, 0.1) is 11.8 Å². The van der Waals surface area contributed by atoms with E-state index in [1.807, 2.05) is 13.2 Å². The summed E-state index contributed by atoms with van der Waals surface area (Å²) in [5, 5.41) is 8.03. The zero-order chi connectivity index (χ0) is 16.1. The Hall–Kier alpha value is -1.12. The van der Waals surface area contributed by atoms with Crippen LogP contribution in [0.3, 0.4) is 0 Å². The second-order valence-electron chi connectivity index (χ2n) is 4.56. The van der Waals surface area contributed by atoms with Crippen LogP contribution in [0.4, 0.5) is 4.39 Å². The first-order valence-electron chi connectivity index (χ1n) is 6.52. The molecule has 0 spiro atoms. The van der Waals surface area contributed by atoms with Gasteiger partial charge in [-0.1, -0.05) is 47.0 Å². The van der Waals surface area contributed by atoms with E-state index in [0.29, 0.717) is 5.75 Å². The van der Waals surface area contributed by atoms with Gasteiger partial charge in [-0.15, -0.1) is 10.2 Å². The summed E-state index contributed by atoms with van der Waals surface area (Å²) < 4.78 is 14.6. The summed E-state index contributed by atoms with van der Waals surface area (Å²) in [5.74, 6) is 0.0366. The van der Waals surface area contributed by atoms with Crippen LogP contribution in [0.2, 0.25) is 0 Å². The van der Waals surface area contributed by atoms with E-state index in [1.165, 1.54) is 47.0 Å². The van der Waals surface area contributed by atoms with Crippen molar-refractivity contribution in [2.45, 2.75) is 21.6 Å². The summed E-state index contributed by atoms with van der Waals surface area (Å²) in [7, 11) is 1.75. The lowest BCUT2D eigenvalue weighted by Crippen LogP contribution is -2.31. The van der Waals surface area contributed by atoms with Crippen LogP contribution >= 0.6 is 34.9 Å². The zero-order valence-corrected chi connectivity index (χ0v) is 14.9. The number of rotatable bonds is 6. The number of amides is 1. The number of halogens is 1. The highest BCUT2D eigenvalue weighted by molar-refractivity contribution is 8.03. The molecule has 0 saturated carbocycles. The molecule has 22 heavy (non-hydrogen) atoms. The number of hydrogen-bond donors (Lipinski definition) is 0. The van der Waals surface area contributed by atoms with Crippen LogP contribution in [-0.4, -0.2) is 40.1 Å². The van der Waals surface area contributed by atoms with Crippen molar-refractivity contribution in [2.75, 3.05) is 19.1 Å². The fourth-order valence-corrected chi connectivity index (χ4v) is 4.11. The van der Waals surface area contributed by atoms with E-state index in [4.69, 9.17) is 0 Å². The maximum atomic E-state index is 13.0. The Morgan fingerprint density at radius 2 is 1.95 bits per heavy atom. The third kappa shape index (κ3) is 4.44. The third-order valence-corrected chi connectivity index (χ3v) is 6.23. The molecule has 2 aromatic rings. The van der Waals surface area contributed by atoms with Gasteiger partial charge < -0.3 is 4.90 Å². The van der Waals surface area contributed by atoms with Crippen LogP contribution in [0, 0.1) is 5.82 Å². The molecule has 0 radical (unpaired) electrons. The van der Waals surface area contributed by atoms with Gasteiger partial charge in [-0.3, -0.25) is 4.79 Å². The molecule has 0 bridgehead atoms. The van der Waals surface area contributed by atoms with Crippen molar-refractivity contribution >= 4 is 40.8 Å². The first-order valence-corrected chi connectivity index (χ1v) is 9.55. The predicted octanol–water partition coefficient (Wildman–Crippen LogP) is 3.71. The average molecular weight is 358 g/mol. The van der Waals surface area contributed by atoms with Crippen molar-refractivity contribution in [2.24, 2.45) is 0 Å². The standard InChI is InChI=1S/C14H16FN3OS3/c1-9(10-4-6-11(15)7-5-10)18(2)12(19)8-21-14-17-16-13(20-3)22-14/h4-7,9H,8H2,1-3H3. The SMILES string of the molecule is CSc1nnc(SCC(=O)N(C)C(C)c2ccc(F)cc2)s1. The third-order valence-electron chi connectivity index (χ3n) is 3.21. The topological polar surface area (TPSA) is 46.1 Å². The predicted molar refractivity (Wildman–Crippen MR) is 90.0 cm³/mol. The molecule has 2 rings (SSSR count). The van der Waals surface area contributed by atoms with Crippen LogP contribution < -0.4 is 0 Å². The highest BCUT2D eigenvalue weighted by atomic mass is 32.2. The number of carbonyl (C=O) groups is 1. The number of thioether (sulfide) groups is 2. The van der Waals surface area contributed by atoms with E-state index in [0.717, 1.165) is 14.2 Å². The minimum absolute atomic E-state index is 0.00252. The molecule has 1 atom stereocenters. The Labute approximate surface area is 141 Å². The van der Waals surface area contributed by atoms with Crippen molar-refractivity contribution in [1.82, 2.24) is 15.1 Å². The number of benzene rings is 1. The molecule has 0 fully saturated rings. The molecule has 0 aliphatic heterocycles. The molecule has 118 valence electrons. The zero-order valence-electron chi connectivity index (χ0n) is 12.4. The van der Waals surface area contributed by atoms with Gasteiger partial charge in [-0.25, -0.2) is 4.39 Å². The van der Waals surface area contributed by atoms with Crippen molar-refractivity contribution in [3.8, 4) is 0 Å². The molecule has 0 aliphatic carbocycles. The molecule has 4 nitrogen and oxygen atoms in total. The molecule has 0 saturated heterocycles. The lowest BCUT2D eigenvalue weighted by atomic mass is 10.1. The van der Waals surface area contributed by atoms with Gasteiger partial charge >= 0.3 is 0 Å². The van der Waals surface area contributed by atoms with E-state index < -0.39 is 0 Å². The summed E-state index contributed by atoms with van der Waals surface area (Å²) >= 11 is 4.41. The second kappa shape index (κ2) is 7.94. The number of carbonyl (C=O) groups excluding carboxylic acids is 1. The average Bonchev–Trinajstić information content (AvgIpc) is 3.00. The monoisotopic (exact) mass is 357 g/mol. The van der Waals surface area contributed by atoms with Crippen molar-refractivity contribution < 1.29 is 9.18 Å². The van der Waals surface area contributed by atoms with Gasteiger partial charge in [-0.2, -0.15) is 0 Å². The summed E-state index contributed by atoms with van der Waals surface area (Å²) in [6.45, 7) is 1.92. The van der Waals surface area contributed by atoms with E-state index >= 15 is 0 Å². The molecule has 1 unspecified atom stereocenters. The quantitative estimate of drug-likeness (QED) is 0.738. The molecule has 1 aromatic heterocycles. The van der Waals surface area contributed by atoms with Crippen LogP contribution in [0.1, 0.15) is 18.5 Å². The molecule has 8 heteroatoms. The van der Waals surface area contributed by atoms with E-state index in [2.05, 4.69) is 10.2 Å². The maximum Gasteiger partial charge on any atom is 0.233 e. The Kier molecular flexibility index (Phi) is 6.22. The van der Waals surface area contributed by atoms with Gasteiger partial charge in [0.15, 0.2) is 8.68 Å². The van der Waals surface area contributed by atoms with Crippen LogP contribution in [0.15, 0.2) is 32.9 Å². The van der Waals surface area contributed by atoms with E-state index in [-0.39, 0.29) is 17.8 Å². The maximum absolute atomic E-state index is 13.0. The number of aromatic nitrogens is 2. The van der Waals surface area contributed by atoms with Gasteiger partial charge in [0, 0.05) is 7.05 Å². The molecule has 0 aliphatic rings. The van der Waals surface area contributed by atoms with Gasteiger partial charge in [0.2, 0.25) is 5.91 Å². The minimum atomic E-state index is -0.277. The Bertz CT molecular complexity index is 633. The van der Waals surface area contributed by atoms with Crippen LogP contribution in [0.25, 0.3) is 0 Å². The Morgan fingerprint density at radius 3 is 2.55 bits per heavy atom. The Morgan fingerprint density at radius 1 is 1.32 bits per heavy atom. The minimum Gasteiger partial charge on any atom is -0.338 e. The first kappa shape index (κ1) is 17.2. The number of nitrogens with zero attached hydrogens (tertiary/aromatic N) is 3.